The molecule has 1 aromatic heterocycles. The number of rotatable bonds is 4. The molecule has 0 spiro atoms. The van der Waals surface area contributed by atoms with Crippen molar-refractivity contribution < 1.29 is 9.59 Å². The lowest BCUT2D eigenvalue weighted by molar-refractivity contribution is 0.0945. The van der Waals surface area contributed by atoms with Gasteiger partial charge < -0.3 is 5.32 Å². The fourth-order valence-corrected chi connectivity index (χ4v) is 2.85. The van der Waals surface area contributed by atoms with Crippen LogP contribution in [0.15, 0.2) is 70.9 Å². The predicted molar refractivity (Wildman–Crippen MR) is 94.7 cm³/mol. The highest BCUT2D eigenvalue weighted by atomic mass is 16.2. The third kappa shape index (κ3) is 3.02. The summed E-state index contributed by atoms with van der Waals surface area (Å²) >= 11 is 0. The van der Waals surface area contributed by atoms with Gasteiger partial charge in [-0.2, -0.15) is 10.2 Å². The Labute approximate surface area is 149 Å². The highest BCUT2D eigenvalue weighted by Crippen LogP contribution is 2.26. The van der Waals surface area contributed by atoms with Gasteiger partial charge >= 0.3 is 0 Å². The number of aromatic nitrogens is 2. The van der Waals surface area contributed by atoms with Crippen LogP contribution < -0.4 is 5.32 Å². The van der Waals surface area contributed by atoms with Crippen LogP contribution in [0, 0.1) is 0 Å². The number of fused-ring (bicyclic) bond motifs is 1. The molecule has 2 heterocycles. The molecule has 0 fully saturated rings. The molecule has 1 unspecified atom stereocenters. The van der Waals surface area contributed by atoms with Crippen LogP contribution in [-0.2, 0) is 0 Å². The van der Waals surface area contributed by atoms with E-state index in [4.69, 9.17) is 0 Å². The van der Waals surface area contributed by atoms with Crippen molar-refractivity contribution in [3.05, 3.63) is 77.5 Å². The Balaban J connectivity index is 1.46. The minimum atomic E-state index is -0.385. The Morgan fingerprint density at radius 1 is 1.08 bits per heavy atom. The van der Waals surface area contributed by atoms with Crippen molar-refractivity contribution in [2.45, 2.75) is 6.04 Å². The molecule has 1 aliphatic rings. The van der Waals surface area contributed by atoms with Crippen LogP contribution in [0.1, 0.15) is 32.5 Å². The summed E-state index contributed by atoms with van der Waals surface area (Å²) < 4.78 is 0. The smallest absolute Gasteiger partial charge is 0.295 e. The summed E-state index contributed by atoms with van der Waals surface area (Å²) in [5, 5.41) is 17.4. The lowest BCUT2D eigenvalue weighted by Crippen LogP contribution is -2.29. The first-order valence-corrected chi connectivity index (χ1v) is 8.15. The van der Waals surface area contributed by atoms with Gasteiger partial charge in [0, 0.05) is 17.7 Å². The van der Waals surface area contributed by atoms with Gasteiger partial charge in [0.1, 0.15) is 11.7 Å². The minimum Gasteiger partial charge on any atom is -0.348 e. The zero-order chi connectivity index (χ0) is 17.9. The van der Waals surface area contributed by atoms with E-state index in [1.165, 1.54) is 0 Å². The van der Waals surface area contributed by atoms with Crippen LogP contribution in [0.3, 0.4) is 0 Å². The van der Waals surface area contributed by atoms with Crippen LogP contribution in [-0.4, -0.2) is 28.6 Å². The molecular formula is C19H15N5O2. The zero-order valence-electron chi connectivity index (χ0n) is 13.7. The topological polar surface area (TPSA) is 99.6 Å². The molecule has 0 saturated heterocycles. The fraction of sp³-hybridized carbons (Fsp3) is 0.105. The molecule has 2 aromatic carbocycles. The van der Waals surface area contributed by atoms with E-state index in [-0.39, 0.29) is 24.4 Å². The van der Waals surface area contributed by atoms with E-state index in [0.29, 0.717) is 17.0 Å². The molecule has 2 N–H and O–H groups in total. The van der Waals surface area contributed by atoms with Crippen LogP contribution in [0.25, 0.3) is 11.3 Å². The second-order valence-corrected chi connectivity index (χ2v) is 5.87. The zero-order valence-corrected chi connectivity index (χ0v) is 13.7. The van der Waals surface area contributed by atoms with Gasteiger partial charge in [0.2, 0.25) is 0 Å². The van der Waals surface area contributed by atoms with Crippen LogP contribution in [0.4, 0.5) is 0 Å². The lowest BCUT2D eigenvalue weighted by Gasteiger charge is -2.18. The highest BCUT2D eigenvalue weighted by Gasteiger charge is 2.24. The summed E-state index contributed by atoms with van der Waals surface area (Å²) in [4.78, 5) is 24.2. The second-order valence-electron chi connectivity index (χ2n) is 5.87. The highest BCUT2D eigenvalue weighted by molar-refractivity contribution is 5.97. The number of amides is 2. The van der Waals surface area contributed by atoms with Crippen molar-refractivity contribution in [3.8, 4) is 11.3 Å². The molecule has 0 radical (unpaired) electrons. The van der Waals surface area contributed by atoms with Crippen molar-refractivity contribution in [3.63, 3.8) is 0 Å². The van der Waals surface area contributed by atoms with Gasteiger partial charge in [0.25, 0.3) is 11.8 Å². The molecule has 2 amide bonds. The average molecular weight is 345 g/mol. The summed E-state index contributed by atoms with van der Waals surface area (Å²) in [6, 6.07) is 18.1. The van der Waals surface area contributed by atoms with Gasteiger partial charge in [0.15, 0.2) is 0 Å². The van der Waals surface area contributed by atoms with Crippen molar-refractivity contribution in [2.75, 3.05) is 6.54 Å². The molecule has 1 aliphatic heterocycles. The van der Waals surface area contributed by atoms with E-state index >= 15 is 0 Å². The average Bonchev–Trinajstić information content (AvgIpc) is 3.19. The monoisotopic (exact) mass is 345 g/mol. The molecular weight excluding hydrogens is 330 g/mol. The number of aromatic amines is 1. The summed E-state index contributed by atoms with van der Waals surface area (Å²) in [6.07, 6.45) is 0. The number of H-pyrrole nitrogens is 1. The number of nitrogens with zero attached hydrogens (tertiary/aromatic N) is 3. The maximum absolute atomic E-state index is 12.4. The molecule has 1 atom stereocenters. The number of benzene rings is 2. The number of carbonyl (C=O) groups excluding carboxylic acids is 2. The van der Waals surface area contributed by atoms with E-state index in [1.54, 1.807) is 18.2 Å². The number of hydrogen-bond acceptors (Lipinski definition) is 4. The van der Waals surface area contributed by atoms with Gasteiger partial charge in [-0.3, -0.25) is 14.7 Å². The molecule has 26 heavy (non-hydrogen) atoms. The number of hydrogen-bond donors (Lipinski definition) is 2. The maximum Gasteiger partial charge on any atom is 0.295 e. The summed E-state index contributed by atoms with van der Waals surface area (Å²) in [5.41, 5.74) is 3.28. The van der Waals surface area contributed by atoms with Crippen molar-refractivity contribution in [1.29, 1.82) is 0 Å². The van der Waals surface area contributed by atoms with E-state index in [1.807, 2.05) is 42.5 Å². The normalized spacial score (nSPS) is 15.5. The Morgan fingerprint density at radius 2 is 1.85 bits per heavy atom. The molecule has 0 saturated carbocycles. The minimum absolute atomic E-state index is 0.242. The molecule has 128 valence electrons. The fourth-order valence-electron chi connectivity index (χ4n) is 2.85. The SMILES string of the molecule is O=C(NCC1N=NC(=O)c2ccccc21)c1cc(-c2ccccc2)n[nH]1. The van der Waals surface area contributed by atoms with Crippen LogP contribution in [0.5, 0.6) is 0 Å². The first-order valence-electron chi connectivity index (χ1n) is 8.15. The third-order valence-corrected chi connectivity index (χ3v) is 4.19. The Kier molecular flexibility index (Phi) is 4.10. The predicted octanol–water partition coefficient (Wildman–Crippen LogP) is 3.15. The summed E-state index contributed by atoms with van der Waals surface area (Å²) in [5.74, 6) is -0.645. The lowest BCUT2D eigenvalue weighted by atomic mass is 9.99. The first kappa shape index (κ1) is 15.9. The second kappa shape index (κ2) is 6.72. The van der Waals surface area contributed by atoms with Gasteiger partial charge in [0.05, 0.1) is 5.69 Å². The quantitative estimate of drug-likeness (QED) is 0.759. The molecule has 0 aliphatic carbocycles. The van der Waals surface area contributed by atoms with E-state index in [2.05, 4.69) is 25.7 Å². The maximum atomic E-state index is 12.4. The molecule has 0 bridgehead atoms. The van der Waals surface area contributed by atoms with Crippen LogP contribution >= 0.6 is 0 Å². The Bertz CT molecular complexity index is 994. The van der Waals surface area contributed by atoms with Crippen molar-refractivity contribution >= 4 is 11.8 Å². The van der Waals surface area contributed by atoms with Gasteiger partial charge in [-0.25, -0.2) is 0 Å². The van der Waals surface area contributed by atoms with Crippen molar-refractivity contribution in [1.82, 2.24) is 15.5 Å². The van der Waals surface area contributed by atoms with E-state index in [9.17, 15) is 9.59 Å². The largest absolute Gasteiger partial charge is 0.348 e. The molecule has 7 nitrogen and oxygen atoms in total. The van der Waals surface area contributed by atoms with E-state index < -0.39 is 0 Å². The Morgan fingerprint density at radius 3 is 2.69 bits per heavy atom. The van der Waals surface area contributed by atoms with Gasteiger partial charge in [-0.1, -0.05) is 48.5 Å². The van der Waals surface area contributed by atoms with Crippen LogP contribution in [0.2, 0.25) is 0 Å². The van der Waals surface area contributed by atoms with Crippen molar-refractivity contribution in [2.24, 2.45) is 10.2 Å². The summed E-state index contributed by atoms with van der Waals surface area (Å²) in [6.45, 7) is 0.242. The third-order valence-electron chi connectivity index (χ3n) is 4.19. The molecule has 3 aromatic rings. The Hall–Kier alpha value is -3.61. The number of nitrogens with one attached hydrogen (secondary N) is 2. The molecule has 7 heteroatoms. The first-order chi connectivity index (χ1) is 12.7. The summed E-state index contributed by atoms with van der Waals surface area (Å²) in [7, 11) is 0. The van der Waals surface area contributed by atoms with Gasteiger partial charge in [-0.15, -0.1) is 5.11 Å². The molecule has 4 rings (SSSR count). The van der Waals surface area contributed by atoms with Gasteiger partial charge in [-0.05, 0) is 17.7 Å². The van der Waals surface area contributed by atoms with E-state index in [0.717, 1.165) is 11.1 Å². The number of carbonyl (C=O) groups is 2. The standard InChI is InChI=1S/C19H15N5O2/c25-18-14-9-5-4-8-13(14)17(23-24-18)11-20-19(26)16-10-15(21-22-16)12-6-2-1-3-7-12/h1-10,17H,11H2,(H,20,26)(H,21,22). The number of azo groups is 1.